The Balaban J connectivity index is 1.84. The van der Waals surface area contributed by atoms with Crippen LogP contribution in [-0.4, -0.2) is 25.6 Å². The van der Waals surface area contributed by atoms with E-state index in [2.05, 4.69) is 10.1 Å². The van der Waals surface area contributed by atoms with Crippen molar-refractivity contribution in [3.8, 4) is 5.75 Å². The topological polar surface area (TPSA) is 64.6 Å². The number of ether oxygens (including phenoxy) is 2. The number of methoxy groups -OCH3 is 1. The predicted molar refractivity (Wildman–Crippen MR) is 96.0 cm³/mol. The lowest BCUT2D eigenvalue weighted by Gasteiger charge is -2.10. The van der Waals surface area contributed by atoms with Gasteiger partial charge in [0.25, 0.3) is 5.91 Å². The van der Waals surface area contributed by atoms with Crippen LogP contribution >= 0.6 is 11.6 Å². The van der Waals surface area contributed by atoms with Gasteiger partial charge in [-0.3, -0.25) is 4.79 Å². The van der Waals surface area contributed by atoms with Crippen LogP contribution in [0.3, 0.4) is 0 Å². The maximum absolute atomic E-state index is 11.9. The number of carbonyl (C=O) groups is 2. The zero-order chi connectivity index (χ0) is 18.4. The van der Waals surface area contributed by atoms with Crippen LogP contribution in [0.15, 0.2) is 36.4 Å². The first-order chi connectivity index (χ1) is 11.9. The first-order valence-electron chi connectivity index (χ1n) is 7.74. The van der Waals surface area contributed by atoms with Crippen LogP contribution in [0.4, 0.5) is 0 Å². The van der Waals surface area contributed by atoms with E-state index in [1.165, 1.54) is 7.11 Å². The molecule has 0 unspecified atom stereocenters. The van der Waals surface area contributed by atoms with Crippen LogP contribution < -0.4 is 10.1 Å². The number of halogens is 1. The van der Waals surface area contributed by atoms with Gasteiger partial charge in [0.05, 0.1) is 12.7 Å². The molecule has 0 aromatic heterocycles. The van der Waals surface area contributed by atoms with Crippen LogP contribution in [0.5, 0.6) is 5.75 Å². The van der Waals surface area contributed by atoms with Crippen molar-refractivity contribution in [2.75, 3.05) is 13.7 Å². The molecule has 2 rings (SSSR count). The zero-order valence-electron chi connectivity index (χ0n) is 14.4. The van der Waals surface area contributed by atoms with E-state index in [1.807, 2.05) is 13.8 Å². The van der Waals surface area contributed by atoms with Crippen molar-refractivity contribution in [2.45, 2.75) is 20.4 Å². The molecule has 132 valence electrons. The Hall–Kier alpha value is -2.53. The molecule has 0 bridgehead atoms. The van der Waals surface area contributed by atoms with Gasteiger partial charge in [-0.25, -0.2) is 4.79 Å². The average Bonchev–Trinajstić information content (AvgIpc) is 2.62. The lowest BCUT2D eigenvalue weighted by molar-refractivity contribution is -0.123. The molecule has 0 atom stereocenters. The summed E-state index contributed by atoms with van der Waals surface area (Å²) in [4.78, 5) is 23.3. The molecule has 0 saturated carbocycles. The number of rotatable bonds is 6. The Bertz CT molecular complexity index is 748. The lowest BCUT2D eigenvalue weighted by Crippen LogP contribution is -2.28. The Labute approximate surface area is 151 Å². The summed E-state index contributed by atoms with van der Waals surface area (Å²) in [6.45, 7) is 4.05. The molecule has 0 aliphatic rings. The maximum atomic E-state index is 11.9. The minimum atomic E-state index is -0.391. The standard InChI is InChI=1S/C19H20ClNO4/c1-12-8-16(9-13(2)18(12)20)25-11-17(22)21-10-14-4-6-15(7-5-14)19(23)24-3/h4-9H,10-11H2,1-3H3,(H,21,22). The van der Waals surface area contributed by atoms with Gasteiger partial charge in [0.2, 0.25) is 0 Å². The van der Waals surface area contributed by atoms with Crippen LogP contribution in [0, 0.1) is 13.8 Å². The van der Waals surface area contributed by atoms with E-state index in [0.29, 0.717) is 22.9 Å². The van der Waals surface area contributed by atoms with Crippen molar-refractivity contribution < 1.29 is 19.1 Å². The molecule has 0 saturated heterocycles. The molecule has 0 aliphatic carbocycles. The smallest absolute Gasteiger partial charge is 0.337 e. The monoisotopic (exact) mass is 361 g/mol. The highest BCUT2D eigenvalue weighted by Gasteiger charge is 2.08. The van der Waals surface area contributed by atoms with Gasteiger partial charge in [0, 0.05) is 11.6 Å². The van der Waals surface area contributed by atoms with Gasteiger partial charge in [0.1, 0.15) is 5.75 Å². The normalized spacial score (nSPS) is 10.2. The fraction of sp³-hybridized carbons (Fsp3) is 0.263. The van der Waals surface area contributed by atoms with Crippen LogP contribution in [-0.2, 0) is 16.1 Å². The van der Waals surface area contributed by atoms with Crippen molar-refractivity contribution in [1.82, 2.24) is 5.32 Å². The molecular formula is C19H20ClNO4. The van der Waals surface area contributed by atoms with E-state index in [1.54, 1.807) is 36.4 Å². The van der Waals surface area contributed by atoms with Crippen molar-refractivity contribution in [3.63, 3.8) is 0 Å². The number of hydrogen-bond donors (Lipinski definition) is 1. The van der Waals surface area contributed by atoms with Crippen LogP contribution in [0.1, 0.15) is 27.0 Å². The molecule has 1 N–H and O–H groups in total. The molecule has 0 radical (unpaired) electrons. The molecule has 6 heteroatoms. The highest BCUT2D eigenvalue weighted by atomic mass is 35.5. The summed E-state index contributed by atoms with van der Waals surface area (Å²) in [6.07, 6.45) is 0. The van der Waals surface area contributed by atoms with Crippen LogP contribution in [0.25, 0.3) is 0 Å². The largest absolute Gasteiger partial charge is 0.484 e. The summed E-state index contributed by atoms with van der Waals surface area (Å²) in [5.74, 6) is -0.0168. The van der Waals surface area contributed by atoms with E-state index in [-0.39, 0.29) is 12.5 Å². The van der Waals surface area contributed by atoms with Gasteiger partial charge in [-0.1, -0.05) is 23.7 Å². The molecule has 0 heterocycles. The number of benzene rings is 2. The molecular weight excluding hydrogens is 342 g/mol. The second-order valence-corrected chi connectivity index (χ2v) is 6.00. The molecule has 2 aromatic carbocycles. The van der Waals surface area contributed by atoms with Gasteiger partial charge in [-0.05, 0) is 54.8 Å². The van der Waals surface area contributed by atoms with Crippen molar-refractivity contribution in [3.05, 3.63) is 63.7 Å². The molecule has 25 heavy (non-hydrogen) atoms. The maximum Gasteiger partial charge on any atom is 0.337 e. The molecule has 0 aliphatic heterocycles. The van der Waals surface area contributed by atoms with Gasteiger partial charge in [-0.2, -0.15) is 0 Å². The zero-order valence-corrected chi connectivity index (χ0v) is 15.1. The Morgan fingerprint density at radius 3 is 2.24 bits per heavy atom. The van der Waals surface area contributed by atoms with Crippen molar-refractivity contribution in [2.24, 2.45) is 0 Å². The van der Waals surface area contributed by atoms with E-state index >= 15 is 0 Å². The molecule has 5 nitrogen and oxygen atoms in total. The van der Waals surface area contributed by atoms with E-state index in [9.17, 15) is 9.59 Å². The van der Waals surface area contributed by atoms with E-state index in [4.69, 9.17) is 16.3 Å². The number of amides is 1. The first-order valence-corrected chi connectivity index (χ1v) is 8.12. The Morgan fingerprint density at radius 1 is 1.08 bits per heavy atom. The van der Waals surface area contributed by atoms with Gasteiger partial charge in [0.15, 0.2) is 6.61 Å². The van der Waals surface area contributed by atoms with Gasteiger partial charge >= 0.3 is 5.97 Å². The highest BCUT2D eigenvalue weighted by Crippen LogP contribution is 2.25. The Kier molecular flexibility index (Phi) is 6.42. The SMILES string of the molecule is COC(=O)c1ccc(CNC(=O)COc2cc(C)c(Cl)c(C)c2)cc1. The van der Waals surface area contributed by atoms with E-state index in [0.717, 1.165) is 16.7 Å². The second kappa shape index (κ2) is 8.53. The summed E-state index contributed by atoms with van der Waals surface area (Å²) < 4.78 is 10.1. The van der Waals surface area contributed by atoms with Gasteiger partial charge < -0.3 is 14.8 Å². The van der Waals surface area contributed by atoms with Gasteiger partial charge in [-0.15, -0.1) is 0 Å². The number of nitrogens with one attached hydrogen (secondary N) is 1. The number of hydrogen-bond acceptors (Lipinski definition) is 4. The molecule has 0 fully saturated rings. The molecule has 0 spiro atoms. The lowest BCUT2D eigenvalue weighted by atomic mass is 10.1. The summed E-state index contributed by atoms with van der Waals surface area (Å²) in [5.41, 5.74) is 3.15. The summed E-state index contributed by atoms with van der Waals surface area (Å²) in [7, 11) is 1.33. The fourth-order valence-corrected chi connectivity index (χ4v) is 2.38. The fourth-order valence-electron chi connectivity index (χ4n) is 2.27. The van der Waals surface area contributed by atoms with Crippen molar-refractivity contribution >= 4 is 23.5 Å². The number of esters is 1. The average molecular weight is 362 g/mol. The minimum absolute atomic E-state index is 0.0826. The third kappa shape index (κ3) is 5.22. The predicted octanol–water partition coefficient (Wildman–Crippen LogP) is 3.44. The quantitative estimate of drug-likeness (QED) is 0.800. The van der Waals surface area contributed by atoms with Crippen molar-refractivity contribution in [1.29, 1.82) is 0 Å². The minimum Gasteiger partial charge on any atom is -0.484 e. The molecule has 1 amide bonds. The number of carbonyl (C=O) groups excluding carboxylic acids is 2. The summed E-state index contributed by atoms with van der Waals surface area (Å²) in [5, 5.41) is 3.47. The highest BCUT2D eigenvalue weighted by molar-refractivity contribution is 6.32. The molecule has 2 aromatic rings. The Morgan fingerprint density at radius 2 is 1.68 bits per heavy atom. The van der Waals surface area contributed by atoms with E-state index < -0.39 is 5.97 Å². The summed E-state index contributed by atoms with van der Waals surface area (Å²) in [6, 6.07) is 10.4. The number of aryl methyl sites for hydroxylation is 2. The second-order valence-electron chi connectivity index (χ2n) is 5.62. The van der Waals surface area contributed by atoms with Crippen LogP contribution in [0.2, 0.25) is 5.02 Å². The first kappa shape index (κ1) is 18.8. The third-order valence-electron chi connectivity index (χ3n) is 3.64. The summed E-state index contributed by atoms with van der Waals surface area (Å²) >= 11 is 6.11. The third-order valence-corrected chi connectivity index (χ3v) is 4.24.